The summed E-state index contributed by atoms with van der Waals surface area (Å²) in [5, 5.41) is 0. The van der Waals surface area contributed by atoms with Gasteiger partial charge in [-0.3, -0.25) is 4.79 Å². The van der Waals surface area contributed by atoms with Crippen LogP contribution in [-0.4, -0.2) is 24.8 Å². The molecule has 0 amide bonds. The highest BCUT2D eigenvalue weighted by Gasteiger charge is 2.40. The fraction of sp³-hybridized carbons (Fsp3) is 0.480. The first-order valence-electron chi connectivity index (χ1n) is 10.7. The predicted molar refractivity (Wildman–Crippen MR) is 111 cm³/mol. The van der Waals surface area contributed by atoms with Gasteiger partial charge >= 0.3 is 0 Å². The molecule has 3 heteroatoms. The van der Waals surface area contributed by atoms with Crippen LogP contribution in [0.15, 0.2) is 48.5 Å². The molecular weight excluding hydrogens is 348 g/mol. The van der Waals surface area contributed by atoms with Gasteiger partial charge in [0.2, 0.25) is 0 Å². The molecule has 0 radical (unpaired) electrons. The summed E-state index contributed by atoms with van der Waals surface area (Å²) in [6.45, 7) is 3.41. The Morgan fingerprint density at radius 2 is 1.50 bits per heavy atom. The quantitative estimate of drug-likeness (QED) is 0.650. The Morgan fingerprint density at radius 3 is 2.07 bits per heavy atom. The van der Waals surface area contributed by atoms with Crippen molar-refractivity contribution in [3.8, 4) is 11.1 Å². The van der Waals surface area contributed by atoms with E-state index >= 15 is 0 Å². The summed E-state index contributed by atoms with van der Waals surface area (Å²) in [5.74, 6) is 0.658. The van der Waals surface area contributed by atoms with Gasteiger partial charge in [-0.2, -0.15) is 0 Å². The van der Waals surface area contributed by atoms with Crippen LogP contribution in [0.1, 0.15) is 62.5 Å². The van der Waals surface area contributed by atoms with E-state index in [1.807, 2.05) is 6.92 Å². The molecule has 2 fully saturated rings. The third kappa shape index (κ3) is 4.37. The van der Waals surface area contributed by atoms with Crippen molar-refractivity contribution in [3.05, 3.63) is 59.7 Å². The number of rotatable bonds is 6. The Kier molecular flexibility index (Phi) is 5.93. The second kappa shape index (κ2) is 8.59. The number of hydrogen-bond donors (Lipinski definition) is 0. The Balaban J connectivity index is 1.36. The maximum absolute atomic E-state index is 11.5. The molecule has 0 bridgehead atoms. The molecule has 148 valence electrons. The molecule has 1 saturated heterocycles. The summed E-state index contributed by atoms with van der Waals surface area (Å²) < 4.78 is 11.7. The van der Waals surface area contributed by atoms with E-state index in [1.54, 1.807) is 0 Å². The topological polar surface area (TPSA) is 35.5 Å². The SMILES string of the molecule is CCC(=O)CCc1ccc(-c2ccc(C3CCC4(CC3)OCCO4)cc2)cc1. The van der Waals surface area contributed by atoms with Crippen LogP contribution in [0.4, 0.5) is 0 Å². The number of aryl methyl sites for hydroxylation is 1. The summed E-state index contributed by atoms with van der Waals surface area (Å²) in [4.78, 5) is 11.5. The minimum atomic E-state index is -0.278. The van der Waals surface area contributed by atoms with Crippen molar-refractivity contribution >= 4 is 5.78 Å². The summed E-state index contributed by atoms with van der Waals surface area (Å²) in [6.07, 6.45) is 6.37. The smallest absolute Gasteiger partial charge is 0.168 e. The third-order valence-corrected chi connectivity index (χ3v) is 6.32. The molecule has 1 saturated carbocycles. The molecule has 1 aliphatic carbocycles. The van der Waals surface area contributed by atoms with Gasteiger partial charge in [0.1, 0.15) is 5.78 Å². The van der Waals surface area contributed by atoms with Gasteiger partial charge in [-0.25, -0.2) is 0 Å². The largest absolute Gasteiger partial charge is 0.348 e. The molecule has 2 aromatic rings. The van der Waals surface area contributed by atoms with Crippen LogP contribution >= 0.6 is 0 Å². The Bertz CT molecular complexity index is 776. The highest BCUT2D eigenvalue weighted by Crippen LogP contribution is 2.42. The zero-order chi connectivity index (χ0) is 19.4. The van der Waals surface area contributed by atoms with Gasteiger partial charge in [0.25, 0.3) is 0 Å². The summed E-state index contributed by atoms with van der Waals surface area (Å²) in [5.41, 5.74) is 5.13. The molecule has 1 aliphatic heterocycles. The van der Waals surface area contributed by atoms with Crippen molar-refractivity contribution in [1.29, 1.82) is 0 Å². The van der Waals surface area contributed by atoms with Crippen molar-refractivity contribution in [1.82, 2.24) is 0 Å². The van der Waals surface area contributed by atoms with Gasteiger partial charge in [-0.05, 0) is 47.4 Å². The summed E-state index contributed by atoms with van der Waals surface area (Å²) in [6, 6.07) is 17.7. The molecule has 3 nitrogen and oxygen atoms in total. The molecule has 2 aromatic carbocycles. The van der Waals surface area contributed by atoms with Crippen LogP contribution in [0.2, 0.25) is 0 Å². The second-order valence-electron chi connectivity index (χ2n) is 8.09. The van der Waals surface area contributed by atoms with Gasteiger partial charge < -0.3 is 9.47 Å². The standard InChI is InChI=1S/C25H30O3/c1-2-24(26)12-5-19-3-6-20(7-4-19)21-8-10-22(11-9-21)23-13-15-25(16-14-23)27-17-18-28-25/h3-4,6-11,23H,2,5,12-18H2,1H3. The number of carbonyl (C=O) groups excluding carboxylic acids is 1. The lowest BCUT2D eigenvalue weighted by atomic mass is 9.80. The molecule has 0 N–H and O–H groups in total. The van der Waals surface area contributed by atoms with E-state index in [-0.39, 0.29) is 5.79 Å². The second-order valence-corrected chi connectivity index (χ2v) is 8.09. The van der Waals surface area contributed by atoms with Crippen molar-refractivity contribution < 1.29 is 14.3 Å². The first kappa shape index (κ1) is 19.4. The van der Waals surface area contributed by atoms with E-state index in [0.717, 1.165) is 45.3 Å². The lowest BCUT2D eigenvalue weighted by Crippen LogP contribution is -2.34. The molecule has 1 spiro atoms. The van der Waals surface area contributed by atoms with Crippen LogP contribution in [0, 0.1) is 0 Å². The minimum Gasteiger partial charge on any atom is -0.348 e. The number of benzene rings is 2. The molecule has 2 aliphatic rings. The van der Waals surface area contributed by atoms with Gasteiger partial charge in [-0.1, -0.05) is 55.5 Å². The Morgan fingerprint density at radius 1 is 0.929 bits per heavy atom. The van der Waals surface area contributed by atoms with Gasteiger partial charge in [-0.15, -0.1) is 0 Å². The van der Waals surface area contributed by atoms with E-state index in [4.69, 9.17) is 9.47 Å². The van der Waals surface area contributed by atoms with E-state index in [0.29, 0.717) is 24.5 Å². The van der Waals surface area contributed by atoms with Gasteiger partial charge in [0, 0.05) is 25.7 Å². The molecule has 28 heavy (non-hydrogen) atoms. The average Bonchev–Trinajstić information content (AvgIpc) is 3.21. The highest BCUT2D eigenvalue weighted by atomic mass is 16.7. The normalized spacial score (nSPS) is 19.2. The maximum Gasteiger partial charge on any atom is 0.168 e. The van der Waals surface area contributed by atoms with Crippen LogP contribution in [0.5, 0.6) is 0 Å². The molecular formula is C25H30O3. The first-order chi connectivity index (χ1) is 13.7. The molecule has 4 rings (SSSR count). The Hall–Kier alpha value is -1.97. The number of ketones is 1. The Labute approximate surface area is 168 Å². The van der Waals surface area contributed by atoms with E-state index < -0.39 is 0 Å². The first-order valence-corrected chi connectivity index (χ1v) is 10.7. The fourth-order valence-corrected chi connectivity index (χ4v) is 4.45. The number of ether oxygens (including phenoxy) is 2. The van der Waals surface area contributed by atoms with Gasteiger partial charge in [0.05, 0.1) is 13.2 Å². The molecule has 0 aromatic heterocycles. The van der Waals surface area contributed by atoms with Crippen LogP contribution in [0.25, 0.3) is 11.1 Å². The third-order valence-electron chi connectivity index (χ3n) is 6.32. The van der Waals surface area contributed by atoms with Crippen molar-refractivity contribution in [2.45, 2.75) is 63.6 Å². The van der Waals surface area contributed by atoms with E-state index in [2.05, 4.69) is 48.5 Å². The minimum absolute atomic E-state index is 0.278. The number of carbonyl (C=O) groups is 1. The maximum atomic E-state index is 11.5. The molecule has 1 heterocycles. The van der Waals surface area contributed by atoms with E-state index in [9.17, 15) is 4.79 Å². The lowest BCUT2D eigenvalue weighted by molar-refractivity contribution is -0.178. The summed E-state index contributed by atoms with van der Waals surface area (Å²) >= 11 is 0. The zero-order valence-electron chi connectivity index (χ0n) is 16.8. The van der Waals surface area contributed by atoms with Crippen molar-refractivity contribution in [2.24, 2.45) is 0 Å². The van der Waals surface area contributed by atoms with Crippen LogP contribution in [-0.2, 0) is 20.7 Å². The monoisotopic (exact) mass is 378 g/mol. The highest BCUT2D eigenvalue weighted by molar-refractivity contribution is 5.78. The fourth-order valence-electron chi connectivity index (χ4n) is 4.45. The van der Waals surface area contributed by atoms with Crippen molar-refractivity contribution in [2.75, 3.05) is 13.2 Å². The molecule has 0 unspecified atom stereocenters. The predicted octanol–water partition coefficient (Wildman–Crippen LogP) is 5.67. The summed E-state index contributed by atoms with van der Waals surface area (Å²) in [7, 11) is 0. The van der Waals surface area contributed by atoms with Gasteiger partial charge in [0.15, 0.2) is 5.79 Å². The van der Waals surface area contributed by atoms with Crippen molar-refractivity contribution in [3.63, 3.8) is 0 Å². The molecule has 0 atom stereocenters. The van der Waals surface area contributed by atoms with E-state index in [1.165, 1.54) is 22.3 Å². The number of Topliss-reactive ketones (excluding diaryl/α,β-unsaturated/α-hetero) is 1. The van der Waals surface area contributed by atoms with Crippen LogP contribution < -0.4 is 0 Å². The lowest BCUT2D eigenvalue weighted by Gasteiger charge is -2.35. The number of hydrogen-bond acceptors (Lipinski definition) is 3. The average molecular weight is 379 g/mol. The van der Waals surface area contributed by atoms with Crippen LogP contribution in [0.3, 0.4) is 0 Å². The zero-order valence-corrected chi connectivity index (χ0v) is 16.8.